The number of aryl methyl sites for hydroxylation is 1. The summed E-state index contributed by atoms with van der Waals surface area (Å²) in [5.41, 5.74) is 1.34. The van der Waals surface area contributed by atoms with Crippen LogP contribution >= 0.6 is 0 Å². The van der Waals surface area contributed by atoms with Crippen LogP contribution in [-0.2, 0) is 6.42 Å². The molecule has 1 aliphatic rings. The molecule has 20 heavy (non-hydrogen) atoms. The molecule has 0 bridgehead atoms. The van der Waals surface area contributed by atoms with E-state index in [0.29, 0.717) is 5.75 Å². The Bertz CT molecular complexity index is 441. The standard InChI is InChI=1S/C17H26FNO/c1-17(2,10-11-19-14-5-6-14)9-8-13-4-7-16(20-3)15(18)12-13/h4,7,12,14,19H,5-6,8-11H2,1-3H3. The minimum Gasteiger partial charge on any atom is -0.494 e. The molecule has 0 aliphatic heterocycles. The van der Waals surface area contributed by atoms with Crippen LogP contribution in [0.25, 0.3) is 0 Å². The second-order valence-corrected chi connectivity index (χ2v) is 6.61. The zero-order valence-electron chi connectivity index (χ0n) is 12.8. The minimum atomic E-state index is -0.266. The van der Waals surface area contributed by atoms with E-state index in [-0.39, 0.29) is 11.2 Å². The van der Waals surface area contributed by atoms with Gasteiger partial charge in [0.25, 0.3) is 0 Å². The van der Waals surface area contributed by atoms with E-state index in [0.717, 1.165) is 31.0 Å². The molecule has 0 radical (unpaired) electrons. The van der Waals surface area contributed by atoms with E-state index in [1.165, 1.54) is 26.4 Å². The van der Waals surface area contributed by atoms with Crippen LogP contribution in [0.1, 0.15) is 45.1 Å². The van der Waals surface area contributed by atoms with Crippen LogP contribution in [0.2, 0.25) is 0 Å². The maximum atomic E-state index is 13.6. The normalized spacial score (nSPS) is 15.4. The number of rotatable bonds is 8. The van der Waals surface area contributed by atoms with Gasteiger partial charge in [0.05, 0.1) is 7.11 Å². The topological polar surface area (TPSA) is 21.3 Å². The number of hydrogen-bond donors (Lipinski definition) is 1. The van der Waals surface area contributed by atoms with Crippen LogP contribution in [-0.4, -0.2) is 19.7 Å². The monoisotopic (exact) mass is 279 g/mol. The average Bonchev–Trinajstić information content (AvgIpc) is 3.21. The fraction of sp³-hybridized carbons (Fsp3) is 0.647. The Kier molecular flexibility index (Phi) is 5.03. The highest BCUT2D eigenvalue weighted by molar-refractivity contribution is 5.29. The highest BCUT2D eigenvalue weighted by Crippen LogP contribution is 2.28. The van der Waals surface area contributed by atoms with Crippen molar-refractivity contribution in [2.45, 2.75) is 52.0 Å². The first-order valence-electron chi connectivity index (χ1n) is 7.56. The predicted molar refractivity (Wildman–Crippen MR) is 80.7 cm³/mol. The number of nitrogens with one attached hydrogen (secondary N) is 1. The van der Waals surface area contributed by atoms with Crippen molar-refractivity contribution in [2.24, 2.45) is 5.41 Å². The highest BCUT2D eigenvalue weighted by Gasteiger charge is 2.22. The first-order valence-corrected chi connectivity index (χ1v) is 7.56. The van der Waals surface area contributed by atoms with Crippen molar-refractivity contribution in [1.29, 1.82) is 0 Å². The summed E-state index contributed by atoms with van der Waals surface area (Å²) in [4.78, 5) is 0. The fourth-order valence-electron chi connectivity index (χ4n) is 2.38. The van der Waals surface area contributed by atoms with E-state index in [1.54, 1.807) is 12.1 Å². The molecular formula is C17H26FNO. The SMILES string of the molecule is COc1ccc(CCC(C)(C)CCNC2CC2)cc1F. The van der Waals surface area contributed by atoms with Crippen molar-refractivity contribution in [2.75, 3.05) is 13.7 Å². The number of halogens is 1. The summed E-state index contributed by atoms with van der Waals surface area (Å²) in [6.07, 6.45) is 5.84. The molecule has 0 spiro atoms. The van der Waals surface area contributed by atoms with E-state index >= 15 is 0 Å². The molecule has 1 saturated carbocycles. The molecule has 2 nitrogen and oxygen atoms in total. The third-order valence-corrected chi connectivity index (χ3v) is 4.12. The number of benzene rings is 1. The van der Waals surface area contributed by atoms with Gasteiger partial charge in [0.2, 0.25) is 0 Å². The minimum absolute atomic E-state index is 0.266. The highest BCUT2D eigenvalue weighted by atomic mass is 19.1. The van der Waals surface area contributed by atoms with E-state index in [2.05, 4.69) is 19.2 Å². The third-order valence-electron chi connectivity index (χ3n) is 4.12. The lowest BCUT2D eigenvalue weighted by molar-refractivity contribution is 0.301. The molecule has 0 aromatic heterocycles. The van der Waals surface area contributed by atoms with Crippen molar-refractivity contribution >= 4 is 0 Å². The van der Waals surface area contributed by atoms with Crippen LogP contribution in [0.15, 0.2) is 18.2 Å². The summed E-state index contributed by atoms with van der Waals surface area (Å²) in [6, 6.07) is 6.05. The Morgan fingerprint density at radius 1 is 1.30 bits per heavy atom. The Hall–Kier alpha value is -1.09. The van der Waals surface area contributed by atoms with Gasteiger partial charge in [-0.25, -0.2) is 4.39 Å². The number of hydrogen-bond acceptors (Lipinski definition) is 2. The van der Waals surface area contributed by atoms with Gasteiger partial charge in [0.15, 0.2) is 11.6 Å². The summed E-state index contributed by atoms with van der Waals surface area (Å²) < 4.78 is 18.6. The Labute approximate surface area is 121 Å². The first-order chi connectivity index (χ1) is 9.50. The molecule has 3 heteroatoms. The number of ether oxygens (including phenoxy) is 1. The van der Waals surface area contributed by atoms with Gasteiger partial charge < -0.3 is 10.1 Å². The molecule has 0 atom stereocenters. The van der Waals surface area contributed by atoms with Crippen molar-refractivity contribution in [3.63, 3.8) is 0 Å². The lowest BCUT2D eigenvalue weighted by Gasteiger charge is -2.25. The fourth-order valence-corrected chi connectivity index (χ4v) is 2.38. The molecule has 1 N–H and O–H groups in total. The van der Waals surface area contributed by atoms with E-state index in [1.807, 2.05) is 6.07 Å². The van der Waals surface area contributed by atoms with Gasteiger partial charge in [-0.1, -0.05) is 19.9 Å². The maximum absolute atomic E-state index is 13.6. The Morgan fingerprint density at radius 2 is 2.05 bits per heavy atom. The van der Waals surface area contributed by atoms with Crippen LogP contribution in [0.5, 0.6) is 5.75 Å². The smallest absolute Gasteiger partial charge is 0.165 e. The molecule has 1 aromatic rings. The van der Waals surface area contributed by atoms with Crippen molar-refractivity contribution in [3.05, 3.63) is 29.6 Å². The molecule has 1 aromatic carbocycles. The van der Waals surface area contributed by atoms with E-state index in [9.17, 15) is 4.39 Å². The van der Waals surface area contributed by atoms with Gasteiger partial charge >= 0.3 is 0 Å². The second kappa shape index (κ2) is 6.57. The van der Waals surface area contributed by atoms with Crippen LogP contribution in [0, 0.1) is 11.2 Å². The van der Waals surface area contributed by atoms with Gasteiger partial charge in [-0.05, 0) is 61.8 Å². The molecule has 2 rings (SSSR count). The first kappa shape index (κ1) is 15.3. The Balaban J connectivity index is 1.78. The van der Waals surface area contributed by atoms with E-state index < -0.39 is 0 Å². The molecule has 0 saturated heterocycles. The van der Waals surface area contributed by atoms with Crippen LogP contribution in [0.4, 0.5) is 4.39 Å². The van der Waals surface area contributed by atoms with Crippen molar-refractivity contribution < 1.29 is 9.13 Å². The van der Waals surface area contributed by atoms with E-state index in [4.69, 9.17) is 4.74 Å². The van der Waals surface area contributed by atoms with Gasteiger partial charge in [-0.3, -0.25) is 0 Å². The summed E-state index contributed by atoms with van der Waals surface area (Å²) >= 11 is 0. The lowest BCUT2D eigenvalue weighted by atomic mass is 9.83. The Morgan fingerprint density at radius 3 is 2.65 bits per heavy atom. The molecule has 112 valence electrons. The molecule has 0 heterocycles. The maximum Gasteiger partial charge on any atom is 0.165 e. The molecular weight excluding hydrogens is 253 g/mol. The summed E-state index contributed by atoms with van der Waals surface area (Å²) in [7, 11) is 1.49. The lowest BCUT2D eigenvalue weighted by Crippen LogP contribution is -2.24. The summed E-state index contributed by atoms with van der Waals surface area (Å²) in [5.74, 6) is 0.0554. The molecule has 0 amide bonds. The second-order valence-electron chi connectivity index (χ2n) is 6.61. The number of methoxy groups -OCH3 is 1. The van der Waals surface area contributed by atoms with Crippen LogP contribution in [0.3, 0.4) is 0 Å². The molecule has 1 fully saturated rings. The quantitative estimate of drug-likeness (QED) is 0.778. The molecule has 0 unspecified atom stereocenters. The van der Waals surface area contributed by atoms with Crippen molar-refractivity contribution in [3.8, 4) is 5.75 Å². The van der Waals surface area contributed by atoms with Gasteiger partial charge in [-0.2, -0.15) is 0 Å². The van der Waals surface area contributed by atoms with Gasteiger partial charge in [0, 0.05) is 6.04 Å². The average molecular weight is 279 g/mol. The zero-order valence-corrected chi connectivity index (χ0v) is 12.8. The van der Waals surface area contributed by atoms with Crippen LogP contribution < -0.4 is 10.1 Å². The van der Waals surface area contributed by atoms with Gasteiger partial charge in [0.1, 0.15) is 0 Å². The zero-order chi connectivity index (χ0) is 14.6. The largest absolute Gasteiger partial charge is 0.494 e. The summed E-state index contributed by atoms with van der Waals surface area (Å²) in [5, 5.41) is 3.56. The third kappa shape index (κ3) is 4.78. The predicted octanol–water partition coefficient (Wildman–Crippen LogP) is 3.94. The molecule has 1 aliphatic carbocycles. The van der Waals surface area contributed by atoms with Crippen molar-refractivity contribution in [1.82, 2.24) is 5.32 Å². The van der Waals surface area contributed by atoms with Gasteiger partial charge in [-0.15, -0.1) is 0 Å². The summed E-state index contributed by atoms with van der Waals surface area (Å²) in [6.45, 7) is 5.68.